The van der Waals surface area contributed by atoms with Gasteiger partial charge in [0, 0.05) is 25.0 Å². The number of hydrogen-bond acceptors (Lipinski definition) is 2. The van der Waals surface area contributed by atoms with E-state index in [0.717, 1.165) is 37.8 Å². The van der Waals surface area contributed by atoms with Crippen LogP contribution in [0.15, 0.2) is 0 Å². The molecule has 1 amide bonds. The number of piperidine rings is 1. The molecule has 118 valence electrons. The quantitative estimate of drug-likeness (QED) is 0.807. The number of amides is 1. The molecule has 2 N–H and O–H groups in total. The Kier molecular flexibility index (Phi) is 3.52. The standard InChI is InChI=1S/C18H30N2O/c19-16-13-6-7-15(11-13)18(16)8-4-5-14(12-18)17(21)20-9-2-1-3-10-20/h13-16H,1-12,19H2/t13?,14-,15?,16-,18-/m1/s1. The Balaban J connectivity index is 1.49. The zero-order chi connectivity index (χ0) is 14.4. The van der Waals surface area contributed by atoms with Gasteiger partial charge in [0.05, 0.1) is 0 Å². The topological polar surface area (TPSA) is 46.3 Å². The highest BCUT2D eigenvalue weighted by Gasteiger charge is 2.58. The van der Waals surface area contributed by atoms with Gasteiger partial charge in [-0.15, -0.1) is 0 Å². The summed E-state index contributed by atoms with van der Waals surface area (Å²) in [5.41, 5.74) is 6.98. The fourth-order valence-corrected chi connectivity index (χ4v) is 6.20. The summed E-state index contributed by atoms with van der Waals surface area (Å²) < 4.78 is 0. The number of fused-ring (bicyclic) bond motifs is 3. The molecule has 3 saturated carbocycles. The Hall–Kier alpha value is -0.570. The van der Waals surface area contributed by atoms with Gasteiger partial charge in [-0.05, 0) is 75.0 Å². The Morgan fingerprint density at radius 2 is 1.86 bits per heavy atom. The van der Waals surface area contributed by atoms with Gasteiger partial charge >= 0.3 is 0 Å². The third-order valence-corrected chi connectivity index (χ3v) is 7.30. The molecule has 1 aliphatic heterocycles. The second kappa shape index (κ2) is 5.26. The lowest BCUT2D eigenvalue weighted by Gasteiger charge is -2.48. The van der Waals surface area contributed by atoms with Crippen molar-refractivity contribution in [2.75, 3.05) is 13.1 Å². The van der Waals surface area contributed by atoms with Crippen molar-refractivity contribution < 1.29 is 4.79 Å². The van der Waals surface area contributed by atoms with Crippen LogP contribution in [0.5, 0.6) is 0 Å². The summed E-state index contributed by atoms with van der Waals surface area (Å²) in [6.07, 6.45) is 12.5. The van der Waals surface area contributed by atoms with Gasteiger partial charge in [0.15, 0.2) is 0 Å². The van der Waals surface area contributed by atoms with Crippen LogP contribution in [-0.2, 0) is 4.79 Å². The summed E-state index contributed by atoms with van der Waals surface area (Å²) in [6, 6.07) is 0.383. The molecule has 1 spiro atoms. The van der Waals surface area contributed by atoms with E-state index in [-0.39, 0.29) is 5.92 Å². The average Bonchev–Trinajstić information content (AvgIpc) is 3.11. The summed E-state index contributed by atoms with van der Waals surface area (Å²) in [4.78, 5) is 15.0. The summed E-state index contributed by atoms with van der Waals surface area (Å²) in [5, 5.41) is 0. The van der Waals surface area contributed by atoms with Gasteiger partial charge < -0.3 is 10.6 Å². The van der Waals surface area contributed by atoms with E-state index in [9.17, 15) is 4.79 Å². The largest absolute Gasteiger partial charge is 0.342 e. The second-order valence-electron chi connectivity index (χ2n) is 8.21. The lowest BCUT2D eigenvalue weighted by molar-refractivity contribution is -0.140. The zero-order valence-corrected chi connectivity index (χ0v) is 13.2. The minimum absolute atomic E-state index is 0.280. The van der Waals surface area contributed by atoms with Crippen molar-refractivity contribution in [2.45, 2.75) is 70.3 Å². The maximum atomic E-state index is 12.9. The molecule has 4 fully saturated rings. The molecule has 1 saturated heterocycles. The number of nitrogens with two attached hydrogens (primary N) is 1. The van der Waals surface area contributed by atoms with Crippen molar-refractivity contribution in [3.8, 4) is 0 Å². The van der Waals surface area contributed by atoms with E-state index in [2.05, 4.69) is 4.90 Å². The van der Waals surface area contributed by atoms with Crippen LogP contribution in [-0.4, -0.2) is 29.9 Å². The smallest absolute Gasteiger partial charge is 0.225 e. The molecular weight excluding hydrogens is 260 g/mol. The van der Waals surface area contributed by atoms with Crippen molar-refractivity contribution in [1.82, 2.24) is 4.90 Å². The van der Waals surface area contributed by atoms with Crippen LogP contribution >= 0.6 is 0 Å². The SMILES string of the molecule is N[C@@H]1C2CCC(C2)[C@]12CCC[C@@H](C(=O)N1CCCCC1)C2. The molecule has 2 bridgehead atoms. The predicted octanol–water partition coefficient (Wildman–Crippen LogP) is 2.93. The highest BCUT2D eigenvalue weighted by atomic mass is 16.2. The van der Waals surface area contributed by atoms with E-state index in [1.165, 1.54) is 51.4 Å². The van der Waals surface area contributed by atoms with E-state index in [0.29, 0.717) is 17.4 Å². The van der Waals surface area contributed by atoms with Crippen LogP contribution in [0.25, 0.3) is 0 Å². The molecule has 5 atom stereocenters. The van der Waals surface area contributed by atoms with Crippen LogP contribution in [0, 0.1) is 23.2 Å². The number of hydrogen-bond donors (Lipinski definition) is 1. The molecule has 3 nitrogen and oxygen atoms in total. The Labute approximate surface area is 128 Å². The molecule has 2 unspecified atom stereocenters. The molecule has 0 aromatic heterocycles. The fourth-order valence-electron chi connectivity index (χ4n) is 6.20. The van der Waals surface area contributed by atoms with Crippen molar-refractivity contribution in [3.05, 3.63) is 0 Å². The Bertz CT molecular complexity index is 413. The number of rotatable bonds is 1. The predicted molar refractivity (Wildman–Crippen MR) is 83.6 cm³/mol. The molecular formula is C18H30N2O. The maximum Gasteiger partial charge on any atom is 0.225 e. The van der Waals surface area contributed by atoms with E-state index >= 15 is 0 Å². The van der Waals surface area contributed by atoms with Crippen molar-refractivity contribution in [2.24, 2.45) is 28.9 Å². The van der Waals surface area contributed by atoms with Crippen LogP contribution in [0.1, 0.15) is 64.2 Å². The van der Waals surface area contributed by atoms with Crippen molar-refractivity contribution in [3.63, 3.8) is 0 Å². The summed E-state index contributed by atoms with van der Waals surface area (Å²) in [6.45, 7) is 2.00. The normalized spacial score (nSPS) is 46.2. The molecule has 3 aliphatic carbocycles. The monoisotopic (exact) mass is 290 g/mol. The minimum Gasteiger partial charge on any atom is -0.342 e. The van der Waals surface area contributed by atoms with E-state index in [1.807, 2.05) is 0 Å². The zero-order valence-electron chi connectivity index (χ0n) is 13.2. The first-order valence-electron chi connectivity index (χ1n) is 9.25. The summed E-state index contributed by atoms with van der Waals surface area (Å²) >= 11 is 0. The van der Waals surface area contributed by atoms with Gasteiger partial charge in [-0.2, -0.15) is 0 Å². The highest BCUT2D eigenvalue weighted by molar-refractivity contribution is 5.79. The molecule has 4 rings (SSSR count). The van der Waals surface area contributed by atoms with E-state index in [1.54, 1.807) is 0 Å². The minimum atomic E-state index is 0.280. The first kappa shape index (κ1) is 14.0. The molecule has 3 heteroatoms. The second-order valence-corrected chi connectivity index (χ2v) is 8.21. The van der Waals surface area contributed by atoms with Crippen LogP contribution < -0.4 is 5.73 Å². The molecule has 0 aromatic carbocycles. The van der Waals surface area contributed by atoms with Crippen molar-refractivity contribution in [1.29, 1.82) is 0 Å². The lowest BCUT2D eigenvalue weighted by Crippen LogP contribution is -2.51. The fraction of sp³-hybridized carbons (Fsp3) is 0.944. The highest BCUT2D eigenvalue weighted by Crippen LogP contribution is 2.61. The summed E-state index contributed by atoms with van der Waals surface area (Å²) in [7, 11) is 0. The summed E-state index contributed by atoms with van der Waals surface area (Å²) in [5.74, 6) is 2.33. The first-order valence-corrected chi connectivity index (χ1v) is 9.25. The molecule has 21 heavy (non-hydrogen) atoms. The Morgan fingerprint density at radius 1 is 1.05 bits per heavy atom. The lowest BCUT2D eigenvalue weighted by atomic mass is 9.59. The van der Waals surface area contributed by atoms with Gasteiger partial charge in [-0.3, -0.25) is 4.79 Å². The van der Waals surface area contributed by atoms with Crippen LogP contribution in [0.4, 0.5) is 0 Å². The average molecular weight is 290 g/mol. The number of carbonyl (C=O) groups is 1. The third-order valence-electron chi connectivity index (χ3n) is 7.30. The van der Waals surface area contributed by atoms with Gasteiger partial charge in [0.25, 0.3) is 0 Å². The number of carbonyl (C=O) groups excluding carboxylic acids is 1. The first-order chi connectivity index (χ1) is 10.2. The number of nitrogens with zero attached hydrogens (tertiary/aromatic N) is 1. The van der Waals surface area contributed by atoms with Crippen LogP contribution in [0.2, 0.25) is 0 Å². The maximum absolute atomic E-state index is 12.9. The molecule has 4 aliphatic rings. The van der Waals surface area contributed by atoms with Gasteiger partial charge in [0.1, 0.15) is 0 Å². The number of likely N-dealkylation sites (tertiary alicyclic amines) is 1. The third kappa shape index (κ3) is 2.15. The van der Waals surface area contributed by atoms with Gasteiger partial charge in [-0.25, -0.2) is 0 Å². The molecule has 1 heterocycles. The van der Waals surface area contributed by atoms with Crippen LogP contribution in [0.3, 0.4) is 0 Å². The Morgan fingerprint density at radius 3 is 2.57 bits per heavy atom. The van der Waals surface area contributed by atoms with Gasteiger partial charge in [0.2, 0.25) is 5.91 Å². The van der Waals surface area contributed by atoms with E-state index < -0.39 is 0 Å². The molecule has 0 aromatic rings. The van der Waals surface area contributed by atoms with Gasteiger partial charge in [-0.1, -0.05) is 6.42 Å². The van der Waals surface area contributed by atoms with E-state index in [4.69, 9.17) is 5.73 Å². The van der Waals surface area contributed by atoms with Crippen molar-refractivity contribution >= 4 is 5.91 Å². The molecule has 0 radical (unpaired) electrons.